The van der Waals surface area contributed by atoms with Crippen molar-refractivity contribution < 1.29 is 50.9 Å². The van der Waals surface area contributed by atoms with Gasteiger partial charge in [-0.2, -0.15) is 26.3 Å². The number of carboxylic acids is 2. The van der Waals surface area contributed by atoms with Gasteiger partial charge in [0.1, 0.15) is 0 Å². The van der Waals surface area contributed by atoms with Crippen molar-refractivity contribution in [2.24, 2.45) is 5.92 Å². The molecule has 1 unspecified atom stereocenters. The van der Waals surface area contributed by atoms with Gasteiger partial charge in [0.05, 0.1) is 12.1 Å². The third-order valence-corrected chi connectivity index (χ3v) is 6.11. The second kappa shape index (κ2) is 11.5. The fourth-order valence-electron chi connectivity index (χ4n) is 4.00. The molecule has 1 saturated carbocycles. The fraction of sp³-hybridized carbons (Fsp3) is 0.591. The molecule has 2 heterocycles. The quantitative estimate of drug-likeness (QED) is 0.583. The van der Waals surface area contributed by atoms with Gasteiger partial charge in [-0.1, -0.05) is 18.2 Å². The lowest BCUT2D eigenvalue weighted by Gasteiger charge is -2.47. The number of carbonyl (C=O) groups is 3. The molecule has 0 bridgehead atoms. The van der Waals surface area contributed by atoms with Crippen molar-refractivity contribution in [3.8, 4) is 0 Å². The van der Waals surface area contributed by atoms with E-state index in [9.17, 15) is 31.1 Å². The highest BCUT2D eigenvalue weighted by molar-refractivity contribution is 5.96. The molecule has 1 amide bonds. The molecule has 8 nitrogen and oxygen atoms in total. The van der Waals surface area contributed by atoms with E-state index in [4.69, 9.17) is 19.8 Å². The number of likely N-dealkylation sites (tertiary alicyclic amines) is 1. The summed E-state index contributed by atoms with van der Waals surface area (Å²) in [7, 11) is 2.13. The lowest BCUT2D eigenvalue weighted by Crippen LogP contribution is -2.64. The van der Waals surface area contributed by atoms with Crippen LogP contribution >= 0.6 is 0 Å². The largest absolute Gasteiger partial charge is 0.490 e. The number of likely N-dealkylation sites (N-methyl/N-ethyl adjacent to an activating group) is 1. The maximum atomic E-state index is 12.5. The molecule has 1 aliphatic carbocycles. The van der Waals surface area contributed by atoms with Crippen molar-refractivity contribution in [2.75, 3.05) is 44.7 Å². The van der Waals surface area contributed by atoms with Crippen molar-refractivity contribution in [2.45, 2.75) is 37.2 Å². The molecule has 2 N–H and O–H groups in total. The molecule has 0 radical (unpaired) electrons. The molecule has 3 fully saturated rings. The van der Waals surface area contributed by atoms with E-state index in [1.54, 1.807) is 0 Å². The zero-order chi connectivity index (χ0) is 27.3. The van der Waals surface area contributed by atoms with Gasteiger partial charge >= 0.3 is 24.3 Å². The Kier molecular flexibility index (Phi) is 9.34. The number of benzene rings is 1. The number of alkyl halides is 6. The van der Waals surface area contributed by atoms with Crippen LogP contribution in [0.15, 0.2) is 30.3 Å². The van der Waals surface area contributed by atoms with Crippen LogP contribution in [0.3, 0.4) is 0 Å². The summed E-state index contributed by atoms with van der Waals surface area (Å²) in [5, 5.41) is 14.2. The number of nitrogens with zero attached hydrogens (tertiary/aromatic N) is 3. The summed E-state index contributed by atoms with van der Waals surface area (Å²) in [6, 6.07) is 10.1. The second-order valence-corrected chi connectivity index (χ2v) is 8.93. The Morgan fingerprint density at radius 1 is 0.972 bits per heavy atom. The SMILES string of the molecule is CN1CC(=O)N(c2ccccc2)CC12CCN(CC1CC1)C2.O=C(O)C(F)(F)F.O=C(O)C(F)(F)F. The number of halogens is 6. The van der Waals surface area contributed by atoms with E-state index in [2.05, 4.69) is 16.8 Å². The fourth-order valence-corrected chi connectivity index (χ4v) is 4.00. The Labute approximate surface area is 203 Å². The standard InChI is InChI=1S/C18H25N3O.2C2HF3O2/c1-19-12-17(22)21(16-5-3-2-4-6-16)14-18(19)9-10-20(13-18)11-15-7-8-15;2*3-2(4,5)1(6)7/h2-6,15H,7-14H2,1H3;2*(H,6,7). The molecule has 2 saturated heterocycles. The highest BCUT2D eigenvalue weighted by Crippen LogP contribution is 2.36. The molecule has 0 aromatic heterocycles. The number of hydrogen-bond acceptors (Lipinski definition) is 5. The van der Waals surface area contributed by atoms with Crippen LogP contribution in [0.25, 0.3) is 0 Å². The number of aliphatic carboxylic acids is 2. The average molecular weight is 527 g/mol. The van der Waals surface area contributed by atoms with E-state index in [1.165, 1.54) is 32.4 Å². The maximum Gasteiger partial charge on any atom is 0.490 e. The normalized spacial score (nSPS) is 23.0. The number of para-hydroxylation sites is 1. The molecule has 1 atom stereocenters. The van der Waals surface area contributed by atoms with E-state index in [1.807, 2.05) is 35.2 Å². The first-order chi connectivity index (χ1) is 16.5. The number of rotatable bonds is 3. The molecule has 3 aliphatic rings. The average Bonchev–Trinajstić information content (AvgIpc) is 3.49. The minimum Gasteiger partial charge on any atom is -0.475 e. The summed E-state index contributed by atoms with van der Waals surface area (Å²) in [5.74, 6) is -4.35. The van der Waals surface area contributed by atoms with Crippen LogP contribution in [0, 0.1) is 5.92 Å². The molecule has 202 valence electrons. The number of carboxylic acid groups (broad SMARTS) is 2. The van der Waals surface area contributed by atoms with Crippen LogP contribution in [0.2, 0.25) is 0 Å². The molecule has 2 aliphatic heterocycles. The predicted molar refractivity (Wildman–Crippen MR) is 115 cm³/mol. The van der Waals surface area contributed by atoms with Gasteiger partial charge in [-0.05, 0) is 44.4 Å². The van der Waals surface area contributed by atoms with Crippen molar-refractivity contribution in [1.82, 2.24) is 9.80 Å². The lowest BCUT2D eigenvalue weighted by molar-refractivity contribution is -0.193. The molecule has 1 aromatic carbocycles. The van der Waals surface area contributed by atoms with Crippen LogP contribution in [-0.4, -0.2) is 95.5 Å². The highest BCUT2D eigenvalue weighted by atomic mass is 19.4. The molecule has 4 rings (SSSR count). The monoisotopic (exact) mass is 527 g/mol. The maximum absolute atomic E-state index is 12.5. The van der Waals surface area contributed by atoms with Crippen LogP contribution in [-0.2, 0) is 14.4 Å². The Morgan fingerprint density at radius 2 is 1.47 bits per heavy atom. The molecule has 1 aromatic rings. The minimum atomic E-state index is -5.08. The summed E-state index contributed by atoms with van der Waals surface area (Å²) in [5.41, 5.74) is 1.18. The third-order valence-electron chi connectivity index (χ3n) is 6.11. The van der Waals surface area contributed by atoms with E-state index < -0.39 is 24.3 Å². The second-order valence-electron chi connectivity index (χ2n) is 8.93. The van der Waals surface area contributed by atoms with Gasteiger partial charge in [0, 0.05) is 31.9 Å². The Hall–Kier alpha value is -2.87. The van der Waals surface area contributed by atoms with Crippen LogP contribution in [0.5, 0.6) is 0 Å². The number of carbonyl (C=O) groups excluding carboxylic acids is 1. The minimum absolute atomic E-state index is 0.138. The number of hydrogen-bond donors (Lipinski definition) is 2. The first-order valence-electron chi connectivity index (χ1n) is 10.9. The molecular weight excluding hydrogens is 500 g/mol. The smallest absolute Gasteiger partial charge is 0.475 e. The summed E-state index contributed by atoms with van der Waals surface area (Å²) in [6.07, 6.45) is -6.17. The number of amides is 1. The van der Waals surface area contributed by atoms with Gasteiger partial charge in [-0.15, -0.1) is 0 Å². The summed E-state index contributed by atoms with van der Waals surface area (Å²) in [6.45, 7) is 4.91. The van der Waals surface area contributed by atoms with E-state index >= 15 is 0 Å². The van der Waals surface area contributed by atoms with Crippen molar-refractivity contribution in [1.29, 1.82) is 0 Å². The molecule has 36 heavy (non-hydrogen) atoms. The Morgan fingerprint density at radius 3 is 1.92 bits per heavy atom. The Balaban J connectivity index is 0.000000271. The highest BCUT2D eigenvalue weighted by Gasteiger charge is 2.48. The molecule has 14 heteroatoms. The van der Waals surface area contributed by atoms with Gasteiger partial charge in [-0.25, -0.2) is 9.59 Å². The topological polar surface area (TPSA) is 101 Å². The van der Waals surface area contributed by atoms with Gasteiger partial charge in [0.15, 0.2) is 0 Å². The van der Waals surface area contributed by atoms with Crippen LogP contribution in [0.4, 0.5) is 32.0 Å². The van der Waals surface area contributed by atoms with Gasteiger partial charge in [0.2, 0.25) is 5.91 Å². The van der Waals surface area contributed by atoms with Gasteiger partial charge in [0.25, 0.3) is 0 Å². The zero-order valence-corrected chi connectivity index (χ0v) is 19.3. The summed E-state index contributed by atoms with van der Waals surface area (Å²) >= 11 is 0. The van der Waals surface area contributed by atoms with Crippen molar-refractivity contribution in [3.05, 3.63) is 30.3 Å². The summed E-state index contributed by atoms with van der Waals surface area (Å²) < 4.78 is 63.5. The van der Waals surface area contributed by atoms with Gasteiger partial charge < -0.3 is 20.0 Å². The predicted octanol–water partition coefficient (Wildman–Crippen LogP) is 3.09. The van der Waals surface area contributed by atoms with Crippen molar-refractivity contribution >= 4 is 23.5 Å². The van der Waals surface area contributed by atoms with Crippen molar-refractivity contribution in [3.63, 3.8) is 0 Å². The van der Waals surface area contributed by atoms with E-state index in [0.717, 1.165) is 24.7 Å². The van der Waals surface area contributed by atoms with E-state index in [-0.39, 0.29) is 11.4 Å². The third kappa shape index (κ3) is 8.36. The van der Waals surface area contributed by atoms with Crippen LogP contribution < -0.4 is 4.90 Å². The number of piperazine rings is 1. The zero-order valence-electron chi connectivity index (χ0n) is 19.3. The lowest BCUT2D eigenvalue weighted by atomic mass is 9.92. The molecule has 1 spiro atoms. The van der Waals surface area contributed by atoms with Gasteiger partial charge in [-0.3, -0.25) is 9.69 Å². The first-order valence-corrected chi connectivity index (χ1v) is 10.9. The summed E-state index contributed by atoms with van der Waals surface area (Å²) in [4.78, 5) is 37.2. The molecular formula is C22H27F6N3O5. The van der Waals surface area contributed by atoms with Crippen LogP contribution in [0.1, 0.15) is 19.3 Å². The van der Waals surface area contributed by atoms with E-state index in [0.29, 0.717) is 6.54 Å². The number of anilines is 1. The Bertz CT molecular complexity index is 899. The first kappa shape index (κ1) is 29.4.